The highest BCUT2D eigenvalue weighted by molar-refractivity contribution is 5.93. The summed E-state index contributed by atoms with van der Waals surface area (Å²) in [6.07, 6.45) is 3.11. The standard InChI is InChI=1S/C21H26N2O/c1-4-16-10-7-8-15(2)21(16)22-20(24)14-23(3)19-13-12-17-9-5-6-11-18(17)19/h5-11,19H,4,12-14H2,1-3H3,(H,22,24)/t19-/m1/s1. The molecule has 3 nitrogen and oxygen atoms in total. The van der Waals surface area contributed by atoms with Crippen molar-refractivity contribution in [3.63, 3.8) is 0 Å². The van der Waals surface area contributed by atoms with Crippen LogP contribution >= 0.6 is 0 Å². The van der Waals surface area contributed by atoms with E-state index in [1.165, 1.54) is 16.7 Å². The van der Waals surface area contributed by atoms with Crippen molar-refractivity contribution in [3.05, 3.63) is 64.7 Å². The average molecular weight is 322 g/mol. The summed E-state index contributed by atoms with van der Waals surface area (Å²) in [5.41, 5.74) is 6.08. The molecule has 0 saturated heterocycles. The number of aryl methyl sites for hydroxylation is 3. The minimum absolute atomic E-state index is 0.0610. The number of hydrogen-bond acceptors (Lipinski definition) is 2. The molecule has 126 valence electrons. The minimum Gasteiger partial charge on any atom is -0.324 e. The maximum Gasteiger partial charge on any atom is 0.238 e. The SMILES string of the molecule is CCc1cccc(C)c1NC(=O)CN(C)[C@@H]1CCc2ccccc21. The number of rotatable bonds is 5. The highest BCUT2D eigenvalue weighted by atomic mass is 16.2. The van der Waals surface area contributed by atoms with Crippen LogP contribution in [0.2, 0.25) is 0 Å². The molecular weight excluding hydrogens is 296 g/mol. The lowest BCUT2D eigenvalue weighted by Crippen LogP contribution is -2.32. The van der Waals surface area contributed by atoms with Gasteiger partial charge in [-0.2, -0.15) is 0 Å². The van der Waals surface area contributed by atoms with Crippen molar-refractivity contribution >= 4 is 11.6 Å². The van der Waals surface area contributed by atoms with E-state index in [9.17, 15) is 4.79 Å². The molecule has 3 heteroatoms. The largest absolute Gasteiger partial charge is 0.324 e. The predicted octanol–water partition coefficient (Wildman–Crippen LogP) is 4.12. The van der Waals surface area contributed by atoms with Crippen molar-refractivity contribution in [2.75, 3.05) is 18.9 Å². The van der Waals surface area contributed by atoms with Crippen LogP contribution in [-0.2, 0) is 17.6 Å². The molecule has 0 aromatic heterocycles. The maximum atomic E-state index is 12.6. The first kappa shape index (κ1) is 16.7. The van der Waals surface area contributed by atoms with Crippen LogP contribution in [0, 0.1) is 6.92 Å². The summed E-state index contributed by atoms with van der Waals surface area (Å²) in [7, 11) is 2.05. The lowest BCUT2D eigenvalue weighted by Gasteiger charge is -2.25. The van der Waals surface area contributed by atoms with Gasteiger partial charge < -0.3 is 5.32 Å². The summed E-state index contributed by atoms with van der Waals surface area (Å²) in [4.78, 5) is 14.7. The second-order valence-corrected chi connectivity index (χ2v) is 6.68. The molecule has 0 saturated carbocycles. The van der Waals surface area contributed by atoms with Crippen LogP contribution < -0.4 is 5.32 Å². The van der Waals surface area contributed by atoms with Crippen LogP contribution in [0.1, 0.15) is 41.6 Å². The molecule has 1 amide bonds. The minimum atomic E-state index is 0.0610. The zero-order valence-corrected chi connectivity index (χ0v) is 14.8. The number of nitrogens with zero attached hydrogens (tertiary/aromatic N) is 1. The van der Waals surface area contributed by atoms with Gasteiger partial charge in [-0.15, -0.1) is 0 Å². The Morgan fingerprint density at radius 2 is 2.00 bits per heavy atom. The van der Waals surface area contributed by atoms with E-state index in [1.54, 1.807) is 0 Å². The quantitative estimate of drug-likeness (QED) is 0.898. The van der Waals surface area contributed by atoms with E-state index < -0.39 is 0 Å². The zero-order valence-electron chi connectivity index (χ0n) is 14.8. The summed E-state index contributed by atoms with van der Waals surface area (Å²) >= 11 is 0. The first-order chi connectivity index (χ1) is 11.6. The molecule has 1 aliphatic carbocycles. The second kappa shape index (κ2) is 7.18. The van der Waals surface area contributed by atoms with E-state index in [0.717, 1.165) is 30.5 Å². The lowest BCUT2D eigenvalue weighted by atomic mass is 10.1. The number of para-hydroxylation sites is 1. The molecule has 1 N–H and O–H groups in total. The van der Waals surface area contributed by atoms with Gasteiger partial charge in [-0.25, -0.2) is 0 Å². The summed E-state index contributed by atoms with van der Waals surface area (Å²) in [6, 6.07) is 15.1. The molecular formula is C21H26N2O. The fourth-order valence-electron chi connectivity index (χ4n) is 3.71. The predicted molar refractivity (Wildman–Crippen MR) is 99.3 cm³/mol. The molecule has 0 aliphatic heterocycles. The van der Waals surface area contributed by atoms with Crippen molar-refractivity contribution in [2.45, 2.75) is 39.2 Å². The fourth-order valence-corrected chi connectivity index (χ4v) is 3.71. The van der Waals surface area contributed by atoms with E-state index in [0.29, 0.717) is 12.6 Å². The number of carbonyl (C=O) groups excluding carboxylic acids is 1. The Labute approximate surface area is 144 Å². The van der Waals surface area contributed by atoms with Crippen LogP contribution in [0.3, 0.4) is 0 Å². The van der Waals surface area contributed by atoms with Gasteiger partial charge in [0.05, 0.1) is 6.54 Å². The molecule has 0 heterocycles. The highest BCUT2D eigenvalue weighted by Gasteiger charge is 2.26. The summed E-state index contributed by atoms with van der Waals surface area (Å²) in [5.74, 6) is 0.0610. The van der Waals surface area contributed by atoms with Gasteiger partial charge in [0, 0.05) is 11.7 Å². The monoisotopic (exact) mass is 322 g/mol. The van der Waals surface area contributed by atoms with E-state index in [4.69, 9.17) is 0 Å². The van der Waals surface area contributed by atoms with Gasteiger partial charge in [-0.05, 0) is 55.5 Å². The van der Waals surface area contributed by atoms with Gasteiger partial charge in [-0.3, -0.25) is 9.69 Å². The van der Waals surface area contributed by atoms with Crippen molar-refractivity contribution in [2.24, 2.45) is 0 Å². The van der Waals surface area contributed by atoms with Gasteiger partial charge in [0.2, 0.25) is 5.91 Å². The number of amides is 1. The molecule has 0 fully saturated rings. The van der Waals surface area contributed by atoms with E-state index in [2.05, 4.69) is 47.5 Å². The molecule has 0 radical (unpaired) electrons. The molecule has 2 aromatic rings. The number of anilines is 1. The third-order valence-electron chi connectivity index (χ3n) is 5.03. The summed E-state index contributed by atoms with van der Waals surface area (Å²) < 4.78 is 0. The molecule has 24 heavy (non-hydrogen) atoms. The molecule has 1 atom stereocenters. The molecule has 2 aromatic carbocycles. The smallest absolute Gasteiger partial charge is 0.238 e. The Morgan fingerprint density at radius 3 is 2.79 bits per heavy atom. The number of hydrogen-bond donors (Lipinski definition) is 1. The first-order valence-electron chi connectivity index (χ1n) is 8.76. The van der Waals surface area contributed by atoms with E-state index in [-0.39, 0.29) is 5.91 Å². The number of nitrogens with one attached hydrogen (secondary N) is 1. The second-order valence-electron chi connectivity index (χ2n) is 6.68. The number of likely N-dealkylation sites (N-methyl/N-ethyl adjacent to an activating group) is 1. The van der Waals surface area contributed by atoms with E-state index in [1.807, 2.05) is 26.1 Å². The topological polar surface area (TPSA) is 32.3 Å². The third-order valence-corrected chi connectivity index (χ3v) is 5.03. The number of benzene rings is 2. The van der Waals surface area contributed by atoms with Crippen LogP contribution in [0.4, 0.5) is 5.69 Å². The Morgan fingerprint density at radius 1 is 1.21 bits per heavy atom. The molecule has 0 bridgehead atoms. The Kier molecular flexibility index (Phi) is 5.00. The van der Waals surface area contributed by atoms with Gasteiger partial charge in [0.25, 0.3) is 0 Å². The van der Waals surface area contributed by atoms with Crippen molar-refractivity contribution in [1.82, 2.24) is 4.90 Å². The van der Waals surface area contributed by atoms with Crippen molar-refractivity contribution < 1.29 is 4.79 Å². The van der Waals surface area contributed by atoms with Crippen molar-refractivity contribution in [1.29, 1.82) is 0 Å². The molecule has 0 spiro atoms. The summed E-state index contributed by atoms with van der Waals surface area (Å²) in [6.45, 7) is 4.58. The average Bonchev–Trinajstić information content (AvgIpc) is 3.00. The molecule has 1 aliphatic rings. The van der Waals surface area contributed by atoms with Crippen LogP contribution in [0.15, 0.2) is 42.5 Å². The van der Waals surface area contributed by atoms with Gasteiger partial charge >= 0.3 is 0 Å². The van der Waals surface area contributed by atoms with Gasteiger partial charge in [-0.1, -0.05) is 49.4 Å². The van der Waals surface area contributed by atoms with E-state index >= 15 is 0 Å². The zero-order chi connectivity index (χ0) is 17.1. The first-order valence-corrected chi connectivity index (χ1v) is 8.76. The molecule has 3 rings (SSSR count). The molecule has 0 unspecified atom stereocenters. The van der Waals surface area contributed by atoms with Crippen LogP contribution in [-0.4, -0.2) is 24.4 Å². The number of carbonyl (C=O) groups is 1. The van der Waals surface area contributed by atoms with Crippen LogP contribution in [0.25, 0.3) is 0 Å². The lowest BCUT2D eigenvalue weighted by molar-refractivity contribution is -0.117. The maximum absolute atomic E-state index is 12.6. The third kappa shape index (κ3) is 3.36. The van der Waals surface area contributed by atoms with Crippen molar-refractivity contribution in [3.8, 4) is 0 Å². The number of fused-ring (bicyclic) bond motifs is 1. The normalized spacial score (nSPS) is 16.2. The Bertz CT molecular complexity index is 738. The Balaban J connectivity index is 1.68. The Hall–Kier alpha value is -2.13. The van der Waals surface area contributed by atoms with Gasteiger partial charge in [0.1, 0.15) is 0 Å². The fraction of sp³-hybridized carbons (Fsp3) is 0.381. The summed E-state index contributed by atoms with van der Waals surface area (Å²) in [5, 5.41) is 3.13. The van der Waals surface area contributed by atoms with Crippen LogP contribution in [0.5, 0.6) is 0 Å². The highest BCUT2D eigenvalue weighted by Crippen LogP contribution is 2.34. The van der Waals surface area contributed by atoms with Gasteiger partial charge in [0.15, 0.2) is 0 Å².